The number of rotatable bonds is 4. The van der Waals surface area contributed by atoms with E-state index in [1.54, 1.807) is 19.4 Å². The molecule has 2 N–H and O–H groups in total. The number of hydrogen-bond acceptors (Lipinski definition) is 5. The second-order valence-electron chi connectivity index (χ2n) is 3.06. The first-order valence-corrected chi connectivity index (χ1v) is 4.67. The highest BCUT2D eigenvalue weighted by molar-refractivity contribution is 6.15. The van der Waals surface area contributed by atoms with E-state index in [-0.39, 0.29) is 5.57 Å². The van der Waals surface area contributed by atoms with Gasteiger partial charge in [0.1, 0.15) is 5.57 Å². The molecule has 0 aliphatic rings. The SMILES string of the molecule is COCc1ccc(/C(=C\N)C(=O)OC)nc1. The van der Waals surface area contributed by atoms with Gasteiger partial charge in [0.05, 0.1) is 19.4 Å². The number of ether oxygens (including phenoxy) is 2. The number of pyridine rings is 1. The fourth-order valence-corrected chi connectivity index (χ4v) is 1.20. The van der Waals surface area contributed by atoms with Gasteiger partial charge < -0.3 is 15.2 Å². The summed E-state index contributed by atoms with van der Waals surface area (Å²) in [6, 6.07) is 3.52. The zero-order chi connectivity index (χ0) is 12.0. The fourth-order valence-electron chi connectivity index (χ4n) is 1.20. The molecule has 0 unspecified atom stereocenters. The lowest BCUT2D eigenvalue weighted by atomic mass is 10.1. The van der Waals surface area contributed by atoms with Crippen molar-refractivity contribution < 1.29 is 14.3 Å². The van der Waals surface area contributed by atoms with Gasteiger partial charge in [-0.2, -0.15) is 0 Å². The Bertz CT molecular complexity index is 385. The molecule has 0 amide bonds. The molecule has 0 fully saturated rings. The third-order valence-electron chi connectivity index (χ3n) is 1.98. The quantitative estimate of drug-likeness (QED) is 0.599. The molecule has 1 rings (SSSR count). The predicted molar refractivity (Wildman–Crippen MR) is 59.1 cm³/mol. The molecule has 0 aromatic carbocycles. The van der Waals surface area contributed by atoms with Crippen molar-refractivity contribution in [2.75, 3.05) is 14.2 Å². The van der Waals surface area contributed by atoms with Gasteiger partial charge in [-0.25, -0.2) is 4.79 Å². The molecular formula is C11H14N2O3. The van der Waals surface area contributed by atoms with Crippen LogP contribution in [0.15, 0.2) is 24.5 Å². The summed E-state index contributed by atoms with van der Waals surface area (Å²) in [6.45, 7) is 0.479. The van der Waals surface area contributed by atoms with Gasteiger partial charge in [-0.05, 0) is 11.6 Å². The van der Waals surface area contributed by atoms with Gasteiger partial charge in [-0.15, -0.1) is 0 Å². The van der Waals surface area contributed by atoms with Crippen molar-refractivity contribution >= 4 is 11.5 Å². The summed E-state index contributed by atoms with van der Waals surface area (Å²) in [7, 11) is 2.90. The van der Waals surface area contributed by atoms with Crippen LogP contribution in [0.1, 0.15) is 11.3 Å². The molecule has 0 spiro atoms. The lowest BCUT2D eigenvalue weighted by Crippen LogP contribution is -2.07. The van der Waals surface area contributed by atoms with E-state index < -0.39 is 5.97 Å². The van der Waals surface area contributed by atoms with E-state index >= 15 is 0 Å². The molecular weight excluding hydrogens is 208 g/mol. The van der Waals surface area contributed by atoms with Crippen molar-refractivity contribution in [3.05, 3.63) is 35.8 Å². The minimum Gasteiger partial charge on any atom is -0.465 e. The van der Waals surface area contributed by atoms with Crippen LogP contribution in [0.5, 0.6) is 0 Å². The molecule has 0 saturated carbocycles. The first-order valence-electron chi connectivity index (χ1n) is 4.67. The Morgan fingerprint density at radius 2 is 2.25 bits per heavy atom. The maximum atomic E-state index is 11.3. The summed E-state index contributed by atoms with van der Waals surface area (Å²) in [5.41, 5.74) is 7.00. The Balaban J connectivity index is 2.91. The molecule has 0 bridgehead atoms. The standard InChI is InChI=1S/C11H14N2O3/c1-15-7-8-3-4-10(13-6-8)9(5-12)11(14)16-2/h3-6H,7,12H2,1-2H3/b9-5+. The predicted octanol–water partition coefficient (Wildman–Crippen LogP) is 0.701. The Labute approximate surface area is 93.9 Å². The van der Waals surface area contributed by atoms with Crippen molar-refractivity contribution in [3.8, 4) is 0 Å². The summed E-state index contributed by atoms with van der Waals surface area (Å²) in [5, 5.41) is 0. The molecule has 86 valence electrons. The monoisotopic (exact) mass is 222 g/mol. The number of carbonyl (C=O) groups is 1. The van der Waals surface area contributed by atoms with Gasteiger partial charge in [0, 0.05) is 19.5 Å². The van der Waals surface area contributed by atoms with Gasteiger partial charge >= 0.3 is 5.97 Å². The zero-order valence-electron chi connectivity index (χ0n) is 9.27. The molecule has 0 atom stereocenters. The van der Waals surface area contributed by atoms with E-state index in [1.807, 2.05) is 6.07 Å². The maximum absolute atomic E-state index is 11.3. The van der Waals surface area contributed by atoms with E-state index in [2.05, 4.69) is 9.72 Å². The van der Waals surface area contributed by atoms with E-state index in [9.17, 15) is 4.79 Å². The van der Waals surface area contributed by atoms with Crippen molar-refractivity contribution in [1.29, 1.82) is 0 Å². The minimum atomic E-state index is -0.505. The van der Waals surface area contributed by atoms with Crippen LogP contribution in [0.25, 0.3) is 5.57 Å². The Morgan fingerprint density at radius 3 is 2.69 bits per heavy atom. The van der Waals surface area contributed by atoms with Crippen molar-refractivity contribution in [3.63, 3.8) is 0 Å². The largest absolute Gasteiger partial charge is 0.465 e. The van der Waals surface area contributed by atoms with Gasteiger partial charge in [-0.3, -0.25) is 4.98 Å². The molecule has 0 saturated heterocycles. The van der Waals surface area contributed by atoms with Crippen LogP contribution in [-0.2, 0) is 20.9 Å². The van der Waals surface area contributed by atoms with Gasteiger partial charge in [0.25, 0.3) is 0 Å². The van der Waals surface area contributed by atoms with Crippen LogP contribution in [0.2, 0.25) is 0 Å². The Hall–Kier alpha value is -1.88. The first kappa shape index (κ1) is 12.2. The van der Waals surface area contributed by atoms with Crippen molar-refractivity contribution in [2.45, 2.75) is 6.61 Å². The smallest absolute Gasteiger partial charge is 0.341 e. The van der Waals surface area contributed by atoms with E-state index in [1.165, 1.54) is 13.3 Å². The van der Waals surface area contributed by atoms with E-state index in [0.717, 1.165) is 5.56 Å². The molecule has 1 heterocycles. The molecule has 5 heteroatoms. The highest BCUT2D eigenvalue weighted by Crippen LogP contribution is 2.12. The molecule has 5 nitrogen and oxygen atoms in total. The number of hydrogen-bond donors (Lipinski definition) is 1. The maximum Gasteiger partial charge on any atom is 0.341 e. The lowest BCUT2D eigenvalue weighted by Gasteiger charge is -2.05. The van der Waals surface area contributed by atoms with Crippen LogP contribution in [0.4, 0.5) is 0 Å². The number of carbonyl (C=O) groups excluding carboxylic acids is 1. The van der Waals surface area contributed by atoms with Crippen LogP contribution in [-0.4, -0.2) is 25.2 Å². The molecule has 0 aliphatic carbocycles. The summed E-state index contributed by atoms with van der Waals surface area (Å²) >= 11 is 0. The lowest BCUT2D eigenvalue weighted by molar-refractivity contribution is -0.133. The summed E-state index contributed by atoms with van der Waals surface area (Å²) in [5.74, 6) is -0.505. The number of aromatic nitrogens is 1. The van der Waals surface area contributed by atoms with Crippen LogP contribution in [0.3, 0.4) is 0 Å². The first-order chi connectivity index (χ1) is 7.72. The topological polar surface area (TPSA) is 74.4 Å². The van der Waals surface area contributed by atoms with E-state index in [4.69, 9.17) is 10.5 Å². The van der Waals surface area contributed by atoms with Gasteiger partial charge in [0.2, 0.25) is 0 Å². The highest BCUT2D eigenvalue weighted by atomic mass is 16.5. The second-order valence-corrected chi connectivity index (χ2v) is 3.06. The highest BCUT2D eigenvalue weighted by Gasteiger charge is 2.12. The fraction of sp³-hybridized carbons (Fsp3) is 0.273. The third-order valence-corrected chi connectivity index (χ3v) is 1.98. The van der Waals surface area contributed by atoms with Gasteiger partial charge in [0.15, 0.2) is 0 Å². The molecule has 0 aliphatic heterocycles. The average Bonchev–Trinajstić information content (AvgIpc) is 2.32. The van der Waals surface area contributed by atoms with Crippen molar-refractivity contribution in [1.82, 2.24) is 4.98 Å². The minimum absolute atomic E-state index is 0.242. The zero-order valence-corrected chi connectivity index (χ0v) is 9.27. The summed E-state index contributed by atoms with van der Waals surface area (Å²) < 4.78 is 9.54. The van der Waals surface area contributed by atoms with Crippen LogP contribution >= 0.6 is 0 Å². The summed E-state index contributed by atoms with van der Waals surface area (Å²) in [6.07, 6.45) is 2.81. The molecule has 0 radical (unpaired) electrons. The third kappa shape index (κ3) is 2.80. The average molecular weight is 222 g/mol. The number of methoxy groups -OCH3 is 2. The number of nitrogens with zero attached hydrogens (tertiary/aromatic N) is 1. The molecule has 16 heavy (non-hydrogen) atoms. The second kappa shape index (κ2) is 5.87. The molecule has 1 aromatic rings. The number of nitrogens with two attached hydrogens (primary N) is 1. The summed E-state index contributed by atoms with van der Waals surface area (Å²) in [4.78, 5) is 15.4. The van der Waals surface area contributed by atoms with Crippen molar-refractivity contribution in [2.24, 2.45) is 5.73 Å². The van der Waals surface area contributed by atoms with Gasteiger partial charge in [-0.1, -0.05) is 6.07 Å². The van der Waals surface area contributed by atoms with E-state index in [0.29, 0.717) is 12.3 Å². The van der Waals surface area contributed by atoms with Crippen LogP contribution < -0.4 is 5.73 Å². The van der Waals surface area contributed by atoms with Crippen LogP contribution in [0, 0.1) is 0 Å². The number of esters is 1. The Kier molecular flexibility index (Phi) is 4.47. The Morgan fingerprint density at radius 1 is 1.50 bits per heavy atom. The molecule has 1 aromatic heterocycles. The normalized spacial score (nSPS) is 11.2.